The van der Waals surface area contributed by atoms with Gasteiger partial charge in [-0.25, -0.2) is 0 Å². The van der Waals surface area contributed by atoms with Crippen molar-refractivity contribution in [2.24, 2.45) is 29.6 Å². The Morgan fingerprint density at radius 1 is 0.930 bits per heavy atom. The zero-order valence-corrected chi connectivity index (χ0v) is 26.8. The van der Waals surface area contributed by atoms with Gasteiger partial charge in [-0.05, 0) is 73.9 Å². The molecule has 6 nitrogen and oxygen atoms in total. The lowest BCUT2D eigenvalue weighted by atomic mass is 9.68. The van der Waals surface area contributed by atoms with E-state index in [0.717, 1.165) is 43.2 Å². The van der Waals surface area contributed by atoms with Gasteiger partial charge in [0.2, 0.25) is 11.8 Å². The van der Waals surface area contributed by atoms with Crippen LogP contribution in [0.5, 0.6) is 5.75 Å². The van der Waals surface area contributed by atoms with Gasteiger partial charge in [0.25, 0.3) is 0 Å². The highest BCUT2D eigenvalue weighted by atomic mass is 79.9. The van der Waals surface area contributed by atoms with Gasteiger partial charge in [-0.2, -0.15) is 0 Å². The summed E-state index contributed by atoms with van der Waals surface area (Å²) in [6, 6.07) is 22.0. The molecule has 1 saturated heterocycles. The molecular formula is C34H29BrN2O4S2. The van der Waals surface area contributed by atoms with E-state index in [1.807, 2.05) is 49.4 Å². The monoisotopic (exact) mass is 672 g/mol. The van der Waals surface area contributed by atoms with Crippen molar-refractivity contribution in [1.29, 1.82) is 0 Å². The highest BCUT2D eigenvalue weighted by molar-refractivity contribution is 9.10. The predicted molar refractivity (Wildman–Crippen MR) is 172 cm³/mol. The summed E-state index contributed by atoms with van der Waals surface area (Å²) in [6.45, 7) is 4.50. The highest BCUT2D eigenvalue weighted by Gasteiger charge is 2.69. The van der Waals surface area contributed by atoms with Gasteiger partial charge in [0, 0.05) is 26.1 Å². The maximum atomic E-state index is 14.1. The fourth-order valence-corrected chi connectivity index (χ4v) is 11.4. The number of ether oxygens (including phenoxy) is 1. The van der Waals surface area contributed by atoms with Crippen LogP contribution in [0, 0.1) is 43.4 Å². The molecule has 0 spiro atoms. The molecule has 4 aliphatic rings. The number of aromatic nitrogens is 1. The molecule has 0 radical (unpaired) electrons. The Morgan fingerprint density at radius 3 is 2.47 bits per heavy atom. The lowest BCUT2D eigenvalue weighted by molar-refractivity contribution is -0.123. The first-order valence-electron chi connectivity index (χ1n) is 14.6. The number of H-pyrrole nitrogens is 1. The molecular weight excluding hydrogens is 644 g/mol. The van der Waals surface area contributed by atoms with E-state index in [9.17, 15) is 14.4 Å². The molecule has 2 bridgehead atoms. The van der Waals surface area contributed by atoms with Crippen molar-refractivity contribution in [3.63, 3.8) is 0 Å². The number of rotatable bonds is 5. The van der Waals surface area contributed by atoms with Crippen LogP contribution in [-0.2, 0) is 16.2 Å². The summed E-state index contributed by atoms with van der Waals surface area (Å²) in [6.07, 6.45) is 0.847. The summed E-state index contributed by atoms with van der Waals surface area (Å²) in [5, 5.41) is 1.01. The highest BCUT2D eigenvalue weighted by Crippen LogP contribution is 2.69. The summed E-state index contributed by atoms with van der Waals surface area (Å²) in [5.74, 6) is 0.0505. The second-order valence-corrected chi connectivity index (χ2v) is 15.4. The number of fused-ring (bicyclic) bond motifs is 9. The van der Waals surface area contributed by atoms with E-state index in [-0.39, 0.29) is 57.4 Å². The Balaban J connectivity index is 1.20. The topological polar surface area (TPSA) is 79.5 Å². The van der Waals surface area contributed by atoms with Crippen LogP contribution in [0.2, 0.25) is 0 Å². The first-order chi connectivity index (χ1) is 20.8. The molecule has 2 amide bonds. The SMILES string of the molecule is Cc1ccc(N2C(=O)C3C(C2=O)[C@@H]2C[C@H]3C3Sc4[nH]c(=O)sc4C(c4cc(Br)ccc4OCc4cccc(C)c4)C32)cc1. The molecule has 9 heteroatoms. The van der Waals surface area contributed by atoms with Gasteiger partial charge in [-0.3, -0.25) is 19.3 Å². The van der Waals surface area contributed by atoms with Gasteiger partial charge in [-0.15, -0.1) is 11.8 Å². The fraction of sp³-hybridized carbons (Fsp3) is 0.324. The van der Waals surface area contributed by atoms with E-state index in [1.165, 1.54) is 21.8 Å². The standard InChI is InChI=1S/C34H29BrN2O4S2/c1-16-6-9-20(10-7-16)37-32(38)27-22-14-23(28(27)33(37)39)29-26(22)25(30-31(42-29)36-34(40)43-30)21-13-19(35)8-11-24(21)41-15-18-5-3-4-17(2)12-18/h3-13,22-23,25-29H,14-15H2,1-2H3,(H,36,40)/t22-,23-,25?,26?,27?,28?,29?/m1/s1. The number of thioether (sulfide) groups is 1. The Kier molecular flexibility index (Phi) is 6.51. The second-order valence-electron chi connectivity index (χ2n) is 12.3. The van der Waals surface area contributed by atoms with Crippen molar-refractivity contribution in [1.82, 2.24) is 4.98 Å². The first kappa shape index (κ1) is 27.4. The Bertz CT molecular complexity index is 1850. The Morgan fingerprint density at radius 2 is 1.70 bits per heavy atom. The number of anilines is 1. The predicted octanol–water partition coefficient (Wildman–Crippen LogP) is 7.07. The Labute approximate surface area is 266 Å². The molecule has 1 aromatic heterocycles. The summed E-state index contributed by atoms with van der Waals surface area (Å²) < 4.78 is 7.44. The minimum Gasteiger partial charge on any atom is -0.489 e. The number of carbonyl (C=O) groups is 2. The third-order valence-electron chi connectivity index (χ3n) is 9.80. The molecule has 3 heterocycles. The second kappa shape index (κ2) is 10.2. The van der Waals surface area contributed by atoms with Crippen molar-refractivity contribution in [3.8, 4) is 5.75 Å². The van der Waals surface area contributed by atoms with Gasteiger partial charge in [0.15, 0.2) is 0 Å². The number of aryl methyl sites for hydroxylation is 2. The average molecular weight is 674 g/mol. The fourth-order valence-electron chi connectivity index (χ4n) is 8.17. The van der Waals surface area contributed by atoms with Crippen LogP contribution >= 0.6 is 39.0 Å². The smallest absolute Gasteiger partial charge is 0.305 e. The van der Waals surface area contributed by atoms with Crippen LogP contribution in [0.1, 0.15) is 39.5 Å². The number of hydrogen-bond donors (Lipinski definition) is 1. The number of amides is 2. The largest absolute Gasteiger partial charge is 0.489 e. The number of hydrogen-bond acceptors (Lipinski definition) is 6. The maximum absolute atomic E-state index is 14.1. The molecule has 5 unspecified atom stereocenters. The number of imide groups is 1. The molecule has 4 aromatic rings. The van der Waals surface area contributed by atoms with E-state index in [2.05, 4.69) is 52.1 Å². The number of nitrogens with one attached hydrogen (secondary N) is 1. The number of nitrogens with zero attached hydrogens (tertiary/aromatic N) is 1. The molecule has 218 valence electrons. The van der Waals surface area contributed by atoms with Crippen LogP contribution in [0.25, 0.3) is 0 Å². The first-order valence-corrected chi connectivity index (χ1v) is 17.1. The minimum absolute atomic E-state index is 0.0401. The number of carbonyl (C=O) groups excluding carboxylic acids is 2. The summed E-state index contributed by atoms with van der Waals surface area (Å²) in [4.78, 5) is 46.2. The lowest BCUT2D eigenvalue weighted by Gasteiger charge is -2.43. The molecule has 3 fully saturated rings. The number of aromatic amines is 1. The Hall–Kier alpha value is -3.14. The van der Waals surface area contributed by atoms with Gasteiger partial charge in [-0.1, -0.05) is 74.8 Å². The van der Waals surface area contributed by atoms with Crippen molar-refractivity contribution < 1.29 is 14.3 Å². The lowest BCUT2D eigenvalue weighted by Crippen LogP contribution is -2.42. The zero-order valence-electron chi connectivity index (χ0n) is 23.6. The van der Waals surface area contributed by atoms with E-state index >= 15 is 0 Å². The molecule has 1 N–H and O–H groups in total. The van der Waals surface area contributed by atoms with Crippen LogP contribution < -0.4 is 14.5 Å². The maximum Gasteiger partial charge on any atom is 0.305 e. The summed E-state index contributed by atoms with van der Waals surface area (Å²) >= 11 is 6.66. The molecule has 8 rings (SSSR count). The van der Waals surface area contributed by atoms with Crippen molar-refractivity contribution >= 4 is 56.5 Å². The van der Waals surface area contributed by atoms with Gasteiger partial charge >= 0.3 is 4.87 Å². The number of benzene rings is 3. The quantitative estimate of drug-likeness (QED) is 0.229. The molecule has 2 aliphatic carbocycles. The van der Waals surface area contributed by atoms with Crippen molar-refractivity contribution in [3.05, 3.63) is 108 Å². The third kappa shape index (κ3) is 4.30. The summed E-state index contributed by atoms with van der Waals surface area (Å²) in [7, 11) is 0. The molecule has 2 saturated carbocycles. The van der Waals surface area contributed by atoms with Gasteiger partial charge in [0.1, 0.15) is 12.4 Å². The molecule has 43 heavy (non-hydrogen) atoms. The molecule has 3 aromatic carbocycles. The van der Waals surface area contributed by atoms with Crippen LogP contribution in [0.15, 0.2) is 81.0 Å². The zero-order chi connectivity index (χ0) is 29.6. The minimum atomic E-state index is -0.343. The number of thiazole rings is 1. The van der Waals surface area contributed by atoms with Crippen LogP contribution in [0.4, 0.5) is 5.69 Å². The molecule has 7 atom stereocenters. The molecule has 2 aliphatic heterocycles. The van der Waals surface area contributed by atoms with E-state index in [0.29, 0.717) is 12.3 Å². The van der Waals surface area contributed by atoms with Crippen LogP contribution in [-0.4, -0.2) is 22.0 Å². The van der Waals surface area contributed by atoms with Gasteiger partial charge in [0.05, 0.1) is 22.5 Å². The average Bonchev–Trinajstić information content (AvgIpc) is 3.72. The third-order valence-corrected chi connectivity index (χ3v) is 12.9. The summed E-state index contributed by atoms with van der Waals surface area (Å²) in [5.41, 5.74) is 5.03. The normalized spacial score (nSPS) is 28.6. The van der Waals surface area contributed by atoms with E-state index in [1.54, 1.807) is 11.8 Å². The van der Waals surface area contributed by atoms with Gasteiger partial charge < -0.3 is 9.72 Å². The number of halogens is 1. The van der Waals surface area contributed by atoms with Crippen LogP contribution in [0.3, 0.4) is 0 Å². The van der Waals surface area contributed by atoms with Crippen molar-refractivity contribution in [2.45, 2.75) is 43.1 Å². The van der Waals surface area contributed by atoms with E-state index < -0.39 is 0 Å². The van der Waals surface area contributed by atoms with E-state index in [4.69, 9.17) is 4.74 Å². The van der Waals surface area contributed by atoms with Crippen molar-refractivity contribution in [2.75, 3.05) is 4.90 Å².